The Labute approximate surface area is 112 Å². The summed E-state index contributed by atoms with van der Waals surface area (Å²) in [4.78, 5) is 2.40. The first-order valence-electron chi connectivity index (χ1n) is 7.03. The van der Waals surface area contributed by atoms with Crippen LogP contribution in [0.3, 0.4) is 0 Å². The van der Waals surface area contributed by atoms with E-state index in [9.17, 15) is 8.42 Å². The molecule has 0 bridgehead atoms. The Bertz CT molecular complexity index is 350. The van der Waals surface area contributed by atoms with E-state index in [1.807, 2.05) is 0 Å². The lowest BCUT2D eigenvalue weighted by Gasteiger charge is -2.49. The third-order valence-corrected chi connectivity index (χ3v) is 5.30. The van der Waals surface area contributed by atoms with Gasteiger partial charge in [-0.2, -0.15) is 0 Å². The Morgan fingerprint density at radius 2 is 1.89 bits per heavy atom. The monoisotopic (exact) mass is 276 g/mol. The molecule has 0 spiro atoms. The second kappa shape index (κ2) is 6.35. The molecule has 5 heteroatoms. The number of sulfone groups is 1. The Morgan fingerprint density at radius 3 is 2.33 bits per heavy atom. The van der Waals surface area contributed by atoms with Crippen LogP contribution in [0.15, 0.2) is 0 Å². The third-order valence-electron chi connectivity index (χ3n) is 4.37. The van der Waals surface area contributed by atoms with Gasteiger partial charge in [0.2, 0.25) is 0 Å². The number of hydrogen-bond acceptors (Lipinski definition) is 4. The molecule has 0 aromatic carbocycles. The van der Waals surface area contributed by atoms with Crippen LogP contribution in [0.4, 0.5) is 0 Å². The van der Waals surface area contributed by atoms with Gasteiger partial charge in [-0.3, -0.25) is 4.90 Å². The fourth-order valence-electron chi connectivity index (χ4n) is 2.80. The van der Waals surface area contributed by atoms with Gasteiger partial charge in [-0.05, 0) is 19.3 Å². The molecule has 1 aliphatic heterocycles. The average Bonchev–Trinajstić information content (AvgIpc) is 2.35. The van der Waals surface area contributed by atoms with Gasteiger partial charge in [0, 0.05) is 37.5 Å². The van der Waals surface area contributed by atoms with E-state index in [0.29, 0.717) is 12.6 Å². The van der Waals surface area contributed by atoms with E-state index in [2.05, 4.69) is 31.0 Å². The van der Waals surface area contributed by atoms with Crippen molar-refractivity contribution in [3.05, 3.63) is 0 Å². The van der Waals surface area contributed by atoms with Crippen molar-refractivity contribution in [2.24, 2.45) is 0 Å². The molecule has 0 aromatic heterocycles. The van der Waals surface area contributed by atoms with Crippen LogP contribution in [0.25, 0.3) is 0 Å². The highest BCUT2D eigenvalue weighted by atomic mass is 32.2. The summed E-state index contributed by atoms with van der Waals surface area (Å²) >= 11 is 0. The molecule has 0 saturated carbocycles. The van der Waals surface area contributed by atoms with E-state index in [1.165, 1.54) is 6.26 Å². The molecule has 1 rings (SSSR count). The summed E-state index contributed by atoms with van der Waals surface area (Å²) in [6, 6.07) is 0.496. The molecule has 1 unspecified atom stereocenters. The number of nitrogens with zero attached hydrogens (tertiary/aromatic N) is 1. The summed E-state index contributed by atoms with van der Waals surface area (Å²) in [5.74, 6) is 0.269. The zero-order valence-electron chi connectivity index (χ0n) is 12.2. The van der Waals surface area contributed by atoms with Crippen molar-refractivity contribution in [3.8, 4) is 0 Å². The van der Waals surface area contributed by atoms with Crippen molar-refractivity contribution in [2.45, 2.75) is 51.6 Å². The van der Waals surface area contributed by atoms with E-state index >= 15 is 0 Å². The first-order chi connectivity index (χ1) is 8.37. The Morgan fingerprint density at radius 1 is 1.28 bits per heavy atom. The molecule has 0 aromatic rings. The van der Waals surface area contributed by atoms with Crippen LogP contribution in [0.5, 0.6) is 0 Å². The fourth-order valence-corrected chi connectivity index (χ4v) is 3.35. The van der Waals surface area contributed by atoms with Crippen LogP contribution in [-0.4, -0.2) is 56.5 Å². The Kier molecular flexibility index (Phi) is 5.62. The molecule has 18 heavy (non-hydrogen) atoms. The van der Waals surface area contributed by atoms with Crippen molar-refractivity contribution in [3.63, 3.8) is 0 Å². The lowest BCUT2D eigenvalue weighted by molar-refractivity contribution is 0.0364. The predicted octanol–water partition coefficient (Wildman–Crippen LogP) is 1.27. The van der Waals surface area contributed by atoms with E-state index in [-0.39, 0.29) is 11.3 Å². The molecule has 1 aliphatic rings. The van der Waals surface area contributed by atoms with E-state index in [0.717, 1.165) is 32.4 Å². The van der Waals surface area contributed by atoms with Crippen molar-refractivity contribution in [2.75, 3.05) is 31.6 Å². The highest BCUT2D eigenvalue weighted by Gasteiger charge is 2.38. The van der Waals surface area contributed by atoms with E-state index in [1.54, 1.807) is 0 Å². The van der Waals surface area contributed by atoms with Crippen LogP contribution < -0.4 is 5.32 Å². The molecule has 1 N–H and O–H groups in total. The molecule has 0 aliphatic carbocycles. The van der Waals surface area contributed by atoms with Gasteiger partial charge in [-0.1, -0.05) is 20.8 Å². The number of piperazine rings is 1. The summed E-state index contributed by atoms with van der Waals surface area (Å²) < 4.78 is 22.7. The van der Waals surface area contributed by atoms with Crippen LogP contribution in [0.1, 0.15) is 40.0 Å². The lowest BCUT2D eigenvalue weighted by Crippen LogP contribution is -2.64. The van der Waals surface area contributed by atoms with Crippen LogP contribution >= 0.6 is 0 Å². The van der Waals surface area contributed by atoms with E-state index < -0.39 is 9.84 Å². The van der Waals surface area contributed by atoms with Gasteiger partial charge in [0.25, 0.3) is 0 Å². The Balaban J connectivity index is 2.77. The van der Waals surface area contributed by atoms with Gasteiger partial charge >= 0.3 is 0 Å². The largest absolute Gasteiger partial charge is 0.311 e. The number of hydrogen-bond donors (Lipinski definition) is 1. The third kappa shape index (κ3) is 3.93. The summed E-state index contributed by atoms with van der Waals surface area (Å²) in [5.41, 5.74) is 0.135. The molecule has 1 atom stereocenters. The van der Waals surface area contributed by atoms with E-state index in [4.69, 9.17) is 0 Å². The molecule has 1 heterocycles. The second-order valence-corrected chi connectivity index (χ2v) is 7.75. The first-order valence-corrected chi connectivity index (χ1v) is 9.09. The SMILES string of the molecule is CCC1CN(CCS(C)(=O)=O)C(CC)(CC)CN1. The molecule has 0 radical (unpaired) electrons. The van der Waals surface area contributed by atoms with Crippen LogP contribution in [0.2, 0.25) is 0 Å². The molecule has 1 fully saturated rings. The summed E-state index contributed by atoms with van der Waals surface area (Å²) in [5, 5.41) is 3.60. The molecular formula is C13H28N2O2S. The van der Waals surface area contributed by atoms with Crippen molar-refractivity contribution >= 4 is 9.84 Å². The van der Waals surface area contributed by atoms with Gasteiger partial charge in [-0.25, -0.2) is 8.42 Å². The molecule has 108 valence electrons. The van der Waals surface area contributed by atoms with Crippen molar-refractivity contribution < 1.29 is 8.42 Å². The zero-order valence-corrected chi connectivity index (χ0v) is 13.0. The smallest absolute Gasteiger partial charge is 0.148 e. The maximum Gasteiger partial charge on any atom is 0.148 e. The highest BCUT2D eigenvalue weighted by molar-refractivity contribution is 7.90. The molecule has 0 amide bonds. The van der Waals surface area contributed by atoms with Crippen LogP contribution in [-0.2, 0) is 9.84 Å². The van der Waals surface area contributed by atoms with Crippen molar-refractivity contribution in [1.82, 2.24) is 10.2 Å². The average molecular weight is 276 g/mol. The summed E-state index contributed by atoms with van der Waals surface area (Å²) in [6.45, 7) is 9.18. The van der Waals surface area contributed by atoms with Gasteiger partial charge < -0.3 is 5.32 Å². The zero-order chi connectivity index (χ0) is 13.8. The standard InChI is InChI=1S/C13H28N2O2S/c1-5-12-10-15(8-9-18(4,16)17)13(6-2,7-3)11-14-12/h12,14H,5-11H2,1-4H3. The quantitative estimate of drug-likeness (QED) is 0.794. The fraction of sp³-hybridized carbons (Fsp3) is 1.00. The molecule has 4 nitrogen and oxygen atoms in total. The normalized spacial score (nSPS) is 25.2. The van der Waals surface area contributed by atoms with Gasteiger partial charge in [0.15, 0.2) is 0 Å². The van der Waals surface area contributed by atoms with Gasteiger partial charge in [0.1, 0.15) is 9.84 Å². The maximum atomic E-state index is 11.4. The summed E-state index contributed by atoms with van der Waals surface area (Å²) in [7, 11) is -2.88. The van der Waals surface area contributed by atoms with Crippen molar-refractivity contribution in [1.29, 1.82) is 0 Å². The topological polar surface area (TPSA) is 49.4 Å². The minimum absolute atomic E-state index is 0.135. The minimum atomic E-state index is -2.88. The predicted molar refractivity (Wildman–Crippen MR) is 76.7 cm³/mol. The number of rotatable bonds is 6. The Hall–Kier alpha value is -0.130. The highest BCUT2D eigenvalue weighted by Crippen LogP contribution is 2.27. The summed E-state index contributed by atoms with van der Waals surface area (Å²) in [6.07, 6.45) is 4.55. The van der Waals surface area contributed by atoms with Crippen LogP contribution in [0, 0.1) is 0 Å². The molecule has 1 saturated heterocycles. The number of nitrogens with one attached hydrogen (secondary N) is 1. The van der Waals surface area contributed by atoms with Gasteiger partial charge in [-0.15, -0.1) is 0 Å². The minimum Gasteiger partial charge on any atom is -0.311 e. The van der Waals surface area contributed by atoms with Gasteiger partial charge in [0.05, 0.1) is 5.75 Å². The first kappa shape index (κ1) is 15.9. The lowest BCUT2D eigenvalue weighted by atomic mass is 9.87. The molecular weight excluding hydrogens is 248 g/mol. The second-order valence-electron chi connectivity index (χ2n) is 5.49. The maximum absolute atomic E-state index is 11.4.